The molecular weight excluding hydrogens is 202 g/mol. The van der Waals surface area contributed by atoms with Crippen molar-refractivity contribution in [3.8, 4) is 0 Å². The molecule has 0 aromatic carbocycles. The van der Waals surface area contributed by atoms with Gasteiger partial charge in [0.05, 0.1) is 0 Å². The van der Waals surface area contributed by atoms with Crippen LogP contribution < -0.4 is 22.4 Å². The smallest absolute Gasteiger partial charge is 0.235 e. The van der Waals surface area contributed by atoms with Gasteiger partial charge >= 0.3 is 0 Å². The van der Waals surface area contributed by atoms with Gasteiger partial charge in [0.25, 0.3) is 0 Å². The number of halogens is 1. The molecule has 1 fully saturated rings. The number of hydrogen-bond donors (Lipinski definition) is 1. The van der Waals surface area contributed by atoms with Crippen LogP contribution in [0, 0.1) is 0 Å². The van der Waals surface area contributed by atoms with Crippen molar-refractivity contribution in [2.24, 2.45) is 5.10 Å². The van der Waals surface area contributed by atoms with Gasteiger partial charge in [-0.15, -0.1) is 0 Å². The van der Waals surface area contributed by atoms with E-state index >= 15 is 0 Å². The zero-order valence-electron chi connectivity index (χ0n) is 4.83. The van der Waals surface area contributed by atoms with Crippen molar-refractivity contribution >= 4 is 18.1 Å². The lowest BCUT2D eigenvalue weighted by Gasteiger charge is -2.05. The van der Waals surface area contributed by atoms with E-state index in [1.165, 1.54) is 12.3 Å². The predicted octanol–water partition coefficient (Wildman–Crippen LogP) is -4.16. The Morgan fingerprint density at radius 3 is 3.44 bits per heavy atom. The Balaban J connectivity index is 0.000000405. The van der Waals surface area contributed by atoms with Crippen molar-refractivity contribution in [3.05, 3.63) is 0 Å². The second kappa shape index (κ2) is 2.90. The molecule has 1 atom stereocenters. The van der Waals surface area contributed by atoms with Crippen molar-refractivity contribution in [2.75, 3.05) is 12.3 Å². The second-order valence-electron chi connectivity index (χ2n) is 1.91. The first-order valence-corrected chi connectivity index (χ1v) is 3.76. The summed E-state index contributed by atoms with van der Waals surface area (Å²) < 4.78 is 0. The molecule has 2 aliphatic rings. The molecule has 0 saturated carbocycles. The highest BCUT2D eigenvalue weighted by Crippen LogP contribution is 2.17. The van der Waals surface area contributed by atoms with Gasteiger partial charge in [-0.3, -0.25) is 4.90 Å². The molecule has 0 spiro atoms. The Bertz CT molecular complexity index is 129. The molecule has 0 aliphatic carbocycles. The fraction of sp³-hybridized carbons (Fsp3) is 0.750. The third-order valence-corrected chi connectivity index (χ3v) is 2.55. The van der Waals surface area contributed by atoms with Crippen LogP contribution in [-0.4, -0.2) is 29.0 Å². The molecule has 0 radical (unpaired) electrons. The second-order valence-corrected chi connectivity index (χ2v) is 3.14. The quantitative estimate of drug-likeness (QED) is 0.412. The highest BCUT2D eigenvalue weighted by atomic mass is 79.9. The molecule has 5 heteroatoms. The predicted molar refractivity (Wildman–Crippen MR) is 33.4 cm³/mol. The van der Waals surface area contributed by atoms with E-state index in [0.29, 0.717) is 5.50 Å². The molecule has 1 unspecified atom stereocenters. The van der Waals surface area contributed by atoms with E-state index in [1.54, 1.807) is 0 Å². The SMILES string of the molecule is C1=N[NH2+]C2SCCN12.[Br-]. The maximum absolute atomic E-state index is 4.02. The molecular formula is C4H8BrN3S. The van der Waals surface area contributed by atoms with Crippen molar-refractivity contribution in [3.63, 3.8) is 0 Å². The van der Waals surface area contributed by atoms with Crippen LogP contribution in [0.1, 0.15) is 0 Å². The minimum atomic E-state index is 0. The van der Waals surface area contributed by atoms with Gasteiger partial charge in [-0.1, -0.05) is 16.9 Å². The highest BCUT2D eigenvalue weighted by Gasteiger charge is 2.29. The zero-order chi connectivity index (χ0) is 5.40. The summed E-state index contributed by atoms with van der Waals surface area (Å²) in [7, 11) is 0. The van der Waals surface area contributed by atoms with Gasteiger partial charge in [-0.05, 0) is 0 Å². The Kier molecular flexibility index (Phi) is 2.37. The van der Waals surface area contributed by atoms with Gasteiger partial charge in [-0.25, -0.2) is 0 Å². The van der Waals surface area contributed by atoms with E-state index in [4.69, 9.17) is 0 Å². The monoisotopic (exact) mass is 209 g/mol. The number of fused-ring (bicyclic) bond motifs is 1. The summed E-state index contributed by atoms with van der Waals surface area (Å²) in [4.78, 5) is 2.25. The van der Waals surface area contributed by atoms with Crippen molar-refractivity contribution in [1.29, 1.82) is 0 Å². The van der Waals surface area contributed by atoms with Crippen LogP contribution in [-0.2, 0) is 0 Å². The lowest BCUT2D eigenvalue weighted by Crippen LogP contribution is -3.00. The van der Waals surface area contributed by atoms with Crippen LogP contribution in [0.4, 0.5) is 0 Å². The minimum Gasteiger partial charge on any atom is -1.00 e. The third kappa shape index (κ3) is 1.22. The van der Waals surface area contributed by atoms with Crippen molar-refractivity contribution in [1.82, 2.24) is 4.90 Å². The van der Waals surface area contributed by atoms with Gasteiger partial charge in [0.2, 0.25) is 5.50 Å². The minimum absolute atomic E-state index is 0. The number of nitrogens with two attached hydrogens (primary N) is 1. The Morgan fingerprint density at radius 1 is 1.78 bits per heavy atom. The largest absolute Gasteiger partial charge is 1.00 e. The van der Waals surface area contributed by atoms with E-state index in [9.17, 15) is 0 Å². The summed E-state index contributed by atoms with van der Waals surface area (Å²) in [6.07, 6.45) is 1.92. The lowest BCUT2D eigenvalue weighted by atomic mass is 10.7. The summed E-state index contributed by atoms with van der Waals surface area (Å²) >= 11 is 1.96. The molecule has 52 valence electrons. The van der Waals surface area contributed by atoms with Crippen LogP contribution in [0.3, 0.4) is 0 Å². The lowest BCUT2D eigenvalue weighted by molar-refractivity contribution is -0.675. The highest BCUT2D eigenvalue weighted by molar-refractivity contribution is 7.99. The molecule has 0 aromatic heterocycles. The number of nitrogens with zero attached hydrogens (tertiary/aromatic N) is 2. The summed E-state index contributed by atoms with van der Waals surface area (Å²) in [6.45, 7) is 1.18. The van der Waals surface area contributed by atoms with Gasteiger partial charge in [0.1, 0.15) is 0 Å². The van der Waals surface area contributed by atoms with E-state index in [2.05, 4.69) is 10.0 Å². The topological polar surface area (TPSA) is 32.2 Å². The van der Waals surface area contributed by atoms with Gasteiger partial charge in [-0.2, -0.15) is 5.43 Å². The van der Waals surface area contributed by atoms with E-state index in [-0.39, 0.29) is 17.0 Å². The molecule has 2 heterocycles. The molecule has 3 nitrogen and oxygen atoms in total. The first-order valence-electron chi connectivity index (χ1n) is 2.71. The van der Waals surface area contributed by atoms with Crippen LogP contribution in [0.5, 0.6) is 0 Å². The molecule has 1 saturated heterocycles. The fourth-order valence-electron chi connectivity index (χ4n) is 0.952. The molecule has 2 aliphatic heterocycles. The van der Waals surface area contributed by atoms with Gasteiger partial charge < -0.3 is 17.0 Å². The van der Waals surface area contributed by atoms with Gasteiger partial charge in [0.15, 0.2) is 6.34 Å². The maximum atomic E-state index is 4.02. The van der Waals surface area contributed by atoms with E-state index < -0.39 is 0 Å². The number of rotatable bonds is 0. The summed E-state index contributed by atoms with van der Waals surface area (Å²) in [6, 6.07) is 0. The van der Waals surface area contributed by atoms with Crippen molar-refractivity contribution in [2.45, 2.75) is 5.50 Å². The molecule has 9 heavy (non-hydrogen) atoms. The molecule has 0 aromatic rings. The number of hydrogen-bond acceptors (Lipinski definition) is 3. The Hall–Kier alpha value is 0.260. The van der Waals surface area contributed by atoms with Crippen LogP contribution in [0.25, 0.3) is 0 Å². The first-order chi connectivity index (χ1) is 3.97. The number of quaternary nitrogens is 1. The first kappa shape index (κ1) is 7.37. The zero-order valence-corrected chi connectivity index (χ0v) is 7.23. The Morgan fingerprint density at radius 2 is 2.67 bits per heavy atom. The molecule has 2 N–H and O–H groups in total. The fourth-order valence-corrected chi connectivity index (χ4v) is 2.02. The third-order valence-electron chi connectivity index (χ3n) is 1.39. The standard InChI is InChI=1S/C4H7N3S.BrH/c1-2-8-4-6-5-3-7(1)4;/h3-4,6H,1-2H2;1H. The molecule has 2 rings (SSSR count). The van der Waals surface area contributed by atoms with Gasteiger partial charge in [0, 0.05) is 12.3 Å². The average molecular weight is 210 g/mol. The summed E-state index contributed by atoms with van der Waals surface area (Å²) in [5.74, 6) is 1.26. The Labute approximate surface area is 68.6 Å². The van der Waals surface area contributed by atoms with Crippen LogP contribution in [0.2, 0.25) is 0 Å². The summed E-state index contributed by atoms with van der Waals surface area (Å²) in [5, 5.41) is 4.02. The average Bonchev–Trinajstić information content (AvgIpc) is 2.15. The van der Waals surface area contributed by atoms with Crippen LogP contribution in [0.15, 0.2) is 5.10 Å². The van der Waals surface area contributed by atoms with E-state index in [0.717, 1.165) is 0 Å². The number of thioether (sulfide) groups is 1. The van der Waals surface area contributed by atoms with Crippen LogP contribution >= 0.6 is 11.8 Å². The molecule has 0 amide bonds. The molecule has 0 bridgehead atoms. The maximum Gasteiger partial charge on any atom is 0.235 e. The van der Waals surface area contributed by atoms with Crippen molar-refractivity contribution < 1.29 is 22.4 Å². The van der Waals surface area contributed by atoms with E-state index in [1.807, 2.05) is 23.5 Å². The summed E-state index contributed by atoms with van der Waals surface area (Å²) in [5.41, 5.74) is 2.58. The normalized spacial score (nSPS) is 30.2.